The number of aryl methyl sites for hydroxylation is 2. The first-order chi connectivity index (χ1) is 15.8. The molecule has 1 aromatic carbocycles. The molecule has 3 aromatic rings. The third kappa shape index (κ3) is 6.59. The van der Waals surface area contributed by atoms with Crippen LogP contribution < -0.4 is 10.1 Å². The molecule has 0 aliphatic heterocycles. The van der Waals surface area contributed by atoms with Gasteiger partial charge in [0.25, 0.3) is 5.89 Å². The lowest BCUT2D eigenvalue weighted by Crippen LogP contribution is -2.36. The smallest absolute Gasteiger partial charge is 0.259 e. The Morgan fingerprint density at radius 3 is 2.67 bits per heavy atom. The van der Waals surface area contributed by atoms with Crippen LogP contribution in [0.15, 0.2) is 35.0 Å². The Morgan fingerprint density at radius 1 is 1.21 bits per heavy atom. The van der Waals surface area contributed by atoms with Crippen molar-refractivity contribution in [3.05, 3.63) is 47.3 Å². The molecular weight excluding hydrogens is 424 g/mol. The number of aliphatic hydroxyl groups excluding tert-OH is 2. The van der Waals surface area contributed by atoms with E-state index in [2.05, 4.69) is 34.3 Å². The van der Waals surface area contributed by atoms with Crippen LogP contribution in [0.3, 0.4) is 0 Å². The van der Waals surface area contributed by atoms with Gasteiger partial charge in [0.15, 0.2) is 0 Å². The zero-order valence-electron chi connectivity index (χ0n) is 19.3. The van der Waals surface area contributed by atoms with Gasteiger partial charge in [-0.2, -0.15) is 4.98 Å². The summed E-state index contributed by atoms with van der Waals surface area (Å²) in [6, 6.07) is 7.41. The van der Waals surface area contributed by atoms with Gasteiger partial charge in [0, 0.05) is 24.0 Å². The predicted molar refractivity (Wildman–Crippen MR) is 123 cm³/mol. The number of hydrogen-bond acceptors (Lipinski definition) is 8. The van der Waals surface area contributed by atoms with Gasteiger partial charge in [0.05, 0.1) is 5.56 Å². The number of carbonyl (C=O) groups excluding carboxylic acids is 1. The normalized spacial score (nSPS) is 12.1. The minimum absolute atomic E-state index is 0.00396. The lowest BCUT2D eigenvalue weighted by atomic mass is 10.0. The Labute approximate surface area is 192 Å². The van der Waals surface area contributed by atoms with Crippen LogP contribution in [0.2, 0.25) is 0 Å². The summed E-state index contributed by atoms with van der Waals surface area (Å²) in [4.78, 5) is 20.1. The van der Waals surface area contributed by atoms with Crippen LogP contribution in [0.1, 0.15) is 30.7 Å². The number of nitrogens with one attached hydrogen (secondary N) is 1. The number of benzene rings is 1. The van der Waals surface area contributed by atoms with Crippen LogP contribution in [0, 0.1) is 19.8 Å². The number of pyridine rings is 1. The van der Waals surface area contributed by atoms with Gasteiger partial charge in [0.1, 0.15) is 25.1 Å². The molecule has 0 spiro atoms. The molecule has 3 N–H and O–H groups in total. The zero-order chi connectivity index (χ0) is 24.0. The van der Waals surface area contributed by atoms with Crippen LogP contribution in [0.25, 0.3) is 22.8 Å². The van der Waals surface area contributed by atoms with Crippen molar-refractivity contribution >= 4 is 5.91 Å². The highest BCUT2D eigenvalue weighted by atomic mass is 16.5. The minimum atomic E-state index is -0.899. The highest BCUT2D eigenvalue weighted by molar-refractivity contribution is 5.76. The summed E-state index contributed by atoms with van der Waals surface area (Å²) < 4.78 is 11.1. The zero-order valence-corrected chi connectivity index (χ0v) is 19.3. The Bertz CT molecular complexity index is 1100. The first-order valence-electron chi connectivity index (χ1n) is 10.9. The van der Waals surface area contributed by atoms with E-state index < -0.39 is 18.6 Å². The van der Waals surface area contributed by atoms with Crippen molar-refractivity contribution in [1.82, 2.24) is 20.4 Å². The van der Waals surface area contributed by atoms with Crippen LogP contribution in [-0.2, 0) is 11.2 Å². The van der Waals surface area contributed by atoms with E-state index in [1.54, 1.807) is 12.3 Å². The third-order valence-corrected chi connectivity index (χ3v) is 5.02. The topological polar surface area (TPSA) is 131 Å². The molecule has 0 unspecified atom stereocenters. The number of rotatable bonds is 10. The Kier molecular flexibility index (Phi) is 8.13. The van der Waals surface area contributed by atoms with E-state index in [1.165, 1.54) is 0 Å². The fourth-order valence-corrected chi connectivity index (χ4v) is 3.29. The van der Waals surface area contributed by atoms with Gasteiger partial charge in [-0.05, 0) is 61.6 Å². The Hall–Kier alpha value is -3.30. The fourth-order valence-electron chi connectivity index (χ4n) is 3.29. The van der Waals surface area contributed by atoms with Gasteiger partial charge in [0.2, 0.25) is 11.7 Å². The van der Waals surface area contributed by atoms with Gasteiger partial charge in [-0.15, -0.1) is 0 Å². The molecule has 0 aliphatic carbocycles. The first-order valence-corrected chi connectivity index (χ1v) is 10.9. The van der Waals surface area contributed by atoms with Crippen molar-refractivity contribution in [3.8, 4) is 28.6 Å². The standard InChI is InChI=1S/C24H30N4O5/c1-14(2)7-21-16(4)8-17(10-25-21)24-27-23(28-33-24)20-6-5-19(9-15(20)3)32-13-18(30)11-26-22(31)12-29/h5-6,8-10,14,18,29-30H,7,11-13H2,1-4H3,(H,26,31)/t18-/m0/s1. The van der Waals surface area contributed by atoms with E-state index in [1.807, 2.05) is 32.0 Å². The molecule has 0 fully saturated rings. The van der Waals surface area contributed by atoms with Crippen molar-refractivity contribution in [3.63, 3.8) is 0 Å². The second kappa shape index (κ2) is 11.0. The molecule has 9 nitrogen and oxygen atoms in total. The highest BCUT2D eigenvalue weighted by Crippen LogP contribution is 2.28. The number of aromatic nitrogens is 3. The van der Waals surface area contributed by atoms with Crippen LogP contribution >= 0.6 is 0 Å². The lowest BCUT2D eigenvalue weighted by Gasteiger charge is -2.13. The van der Waals surface area contributed by atoms with Crippen molar-refractivity contribution < 1.29 is 24.3 Å². The molecule has 0 bridgehead atoms. The van der Waals surface area contributed by atoms with E-state index in [0.29, 0.717) is 23.4 Å². The highest BCUT2D eigenvalue weighted by Gasteiger charge is 2.15. The molecule has 2 heterocycles. The summed E-state index contributed by atoms with van der Waals surface area (Å²) >= 11 is 0. The third-order valence-electron chi connectivity index (χ3n) is 5.02. The minimum Gasteiger partial charge on any atom is -0.491 e. The molecular formula is C24H30N4O5. The lowest BCUT2D eigenvalue weighted by molar-refractivity contribution is -0.124. The second-order valence-electron chi connectivity index (χ2n) is 8.41. The van der Waals surface area contributed by atoms with Gasteiger partial charge >= 0.3 is 0 Å². The molecule has 1 atom stereocenters. The fraction of sp³-hybridized carbons (Fsp3) is 0.417. The molecule has 0 aliphatic rings. The van der Waals surface area contributed by atoms with Gasteiger partial charge < -0.3 is 24.8 Å². The van der Waals surface area contributed by atoms with Crippen LogP contribution in [-0.4, -0.2) is 57.1 Å². The largest absolute Gasteiger partial charge is 0.491 e. The average Bonchev–Trinajstić information content (AvgIpc) is 3.27. The SMILES string of the molecule is Cc1cc(OC[C@@H](O)CNC(=O)CO)ccc1-c1noc(-c2cnc(CC(C)C)c(C)c2)n1. The quantitative estimate of drug-likeness (QED) is 0.426. The summed E-state index contributed by atoms with van der Waals surface area (Å²) in [5.41, 5.74) is 4.62. The maximum Gasteiger partial charge on any atom is 0.259 e. The van der Waals surface area contributed by atoms with Gasteiger partial charge in [-0.25, -0.2) is 0 Å². The molecule has 3 rings (SSSR count). The van der Waals surface area contributed by atoms with Gasteiger partial charge in [-0.1, -0.05) is 19.0 Å². The summed E-state index contributed by atoms with van der Waals surface area (Å²) in [6.45, 7) is 7.64. The molecule has 0 saturated carbocycles. The monoisotopic (exact) mass is 454 g/mol. The number of nitrogens with zero attached hydrogens (tertiary/aromatic N) is 3. The van der Waals surface area contributed by atoms with E-state index in [9.17, 15) is 9.90 Å². The maximum atomic E-state index is 11.0. The average molecular weight is 455 g/mol. The predicted octanol–water partition coefficient (Wildman–Crippen LogP) is 2.46. The molecule has 176 valence electrons. The van der Waals surface area contributed by atoms with E-state index in [4.69, 9.17) is 14.4 Å². The molecule has 0 radical (unpaired) electrons. The molecule has 1 amide bonds. The van der Waals surface area contributed by atoms with Crippen molar-refractivity contribution in [2.75, 3.05) is 19.8 Å². The molecule has 0 saturated heterocycles. The maximum absolute atomic E-state index is 11.0. The number of hydrogen-bond donors (Lipinski definition) is 3. The van der Waals surface area contributed by atoms with Crippen LogP contribution in [0.4, 0.5) is 0 Å². The summed E-state index contributed by atoms with van der Waals surface area (Å²) in [6.07, 6.45) is 1.78. The van der Waals surface area contributed by atoms with Crippen LogP contribution in [0.5, 0.6) is 5.75 Å². The van der Waals surface area contributed by atoms with Gasteiger partial charge in [-0.3, -0.25) is 9.78 Å². The summed E-state index contributed by atoms with van der Waals surface area (Å²) in [7, 11) is 0. The molecule has 33 heavy (non-hydrogen) atoms. The Morgan fingerprint density at radius 2 is 2.00 bits per heavy atom. The van der Waals surface area contributed by atoms with E-state index >= 15 is 0 Å². The molecule has 9 heteroatoms. The van der Waals surface area contributed by atoms with E-state index in [0.717, 1.165) is 34.4 Å². The number of aliphatic hydroxyl groups is 2. The van der Waals surface area contributed by atoms with Crippen molar-refractivity contribution in [2.45, 2.75) is 40.2 Å². The summed E-state index contributed by atoms with van der Waals surface area (Å²) in [5.74, 6) is 1.41. The number of carbonyl (C=O) groups is 1. The van der Waals surface area contributed by atoms with E-state index in [-0.39, 0.29) is 13.2 Å². The Balaban J connectivity index is 1.66. The summed E-state index contributed by atoms with van der Waals surface area (Å²) in [5, 5.41) is 25.1. The first kappa shape index (κ1) is 24.3. The van der Waals surface area contributed by atoms with Crippen molar-refractivity contribution in [1.29, 1.82) is 0 Å². The van der Waals surface area contributed by atoms with Crippen molar-refractivity contribution in [2.24, 2.45) is 5.92 Å². The second-order valence-corrected chi connectivity index (χ2v) is 8.41. The number of amides is 1. The number of ether oxygens (including phenoxy) is 1. The molecule has 2 aromatic heterocycles.